The molecule has 0 atom stereocenters. The molecule has 1 N–H and O–H groups in total. The molecule has 0 aliphatic carbocycles. The van der Waals surface area contributed by atoms with Crippen molar-refractivity contribution in [3.63, 3.8) is 0 Å². The highest BCUT2D eigenvalue weighted by Crippen LogP contribution is 2.09. The third-order valence-electron chi connectivity index (χ3n) is 1.73. The molecule has 0 aromatic carbocycles. The Hall–Kier alpha value is -0.410. The van der Waals surface area contributed by atoms with E-state index in [2.05, 4.69) is 46.1 Å². The number of rotatable bonds is 4. The molecule has 13 heavy (non-hydrogen) atoms. The Kier molecular flexibility index (Phi) is 4.39. The second kappa shape index (κ2) is 5.35. The summed E-state index contributed by atoms with van der Waals surface area (Å²) in [5.74, 6) is 0. The average molecular weight is 243 g/mol. The minimum atomic E-state index is 0.556. The lowest BCUT2D eigenvalue weighted by molar-refractivity contribution is 0.590. The number of hydrogen-bond donors (Lipinski definition) is 1. The van der Waals surface area contributed by atoms with Crippen molar-refractivity contribution in [3.05, 3.63) is 28.5 Å². The summed E-state index contributed by atoms with van der Waals surface area (Å²) in [5.41, 5.74) is 1.27. The van der Waals surface area contributed by atoms with E-state index in [0.29, 0.717) is 6.04 Å². The SMILES string of the molecule is CC(C)NCCc1cncc(Br)c1. The Morgan fingerprint density at radius 1 is 1.46 bits per heavy atom. The van der Waals surface area contributed by atoms with E-state index in [1.165, 1.54) is 5.56 Å². The maximum Gasteiger partial charge on any atom is 0.0410 e. The van der Waals surface area contributed by atoms with Gasteiger partial charge in [-0.25, -0.2) is 0 Å². The van der Waals surface area contributed by atoms with Gasteiger partial charge in [0.25, 0.3) is 0 Å². The Labute approximate surface area is 87.9 Å². The van der Waals surface area contributed by atoms with Gasteiger partial charge in [0.2, 0.25) is 0 Å². The zero-order chi connectivity index (χ0) is 9.68. The van der Waals surface area contributed by atoms with Crippen LogP contribution in [0, 0.1) is 0 Å². The predicted octanol–water partition coefficient (Wildman–Crippen LogP) is 2.38. The van der Waals surface area contributed by atoms with Crippen LogP contribution >= 0.6 is 15.9 Å². The Morgan fingerprint density at radius 3 is 2.85 bits per heavy atom. The Morgan fingerprint density at radius 2 is 2.23 bits per heavy atom. The van der Waals surface area contributed by atoms with Gasteiger partial charge in [-0.05, 0) is 40.5 Å². The first-order chi connectivity index (χ1) is 6.18. The summed E-state index contributed by atoms with van der Waals surface area (Å²) in [6, 6.07) is 2.66. The molecule has 1 aromatic rings. The minimum Gasteiger partial charge on any atom is -0.314 e. The highest BCUT2D eigenvalue weighted by molar-refractivity contribution is 9.10. The molecule has 1 heterocycles. The lowest BCUT2D eigenvalue weighted by atomic mass is 10.2. The summed E-state index contributed by atoms with van der Waals surface area (Å²) in [4.78, 5) is 4.11. The smallest absolute Gasteiger partial charge is 0.0410 e. The Balaban J connectivity index is 2.37. The standard InChI is InChI=1S/C10H15BrN2/c1-8(2)13-4-3-9-5-10(11)7-12-6-9/h5-8,13H,3-4H2,1-2H3. The van der Waals surface area contributed by atoms with Crippen LogP contribution in [-0.2, 0) is 6.42 Å². The molecular formula is C10H15BrN2. The van der Waals surface area contributed by atoms with Crippen LogP contribution in [0.1, 0.15) is 19.4 Å². The molecule has 0 saturated heterocycles. The third kappa shape index (κ3) is 4.39. The fourth-order valence-corrected chi connectivity index (χ4v) is 1.51. The molecular weight excluding hydrogens is 228 g/mol. The van der Waals surface area contributed by atoms with Crippen LogP contribution in [0.3, 0.4) is 0 Å². The zero-order valence-electron chi connectivity index (χ0n) is 8.05. The van der Waals surface area contributed by atoms with Crippen LogP contribution < -0.4 is 5.32 Å². The molecule has 0 bridgehead atoms. The lowest BCUT2D eigenvalue weighted by Gasteiger charge is -2.07. The highest BCUT2D eigenvalue weighted by Gasteiger charge is 1.95. The molecule has 0 spiro atoms. The highest BCUT2D eigenvalue weighted by atomic mass is 79.9. The van der Waals surface area contributed by atoms with E-state index >= 15 is 0 Å². The van der Waals surface area contributed by atoms with Crippen molar-refractivity contribution >= 4 is 15.9 Å². The first-order valence-electron chi connectivity index (χ1n) is 4.51. The number of halogens is 1. The maximum atomic E-state index is 4.11. The van der Waals surface area contributed by atoms with Crippen LogP contribution in [-0.4, -0.2) is 17.6 Å². The molecule has 0 aliphatic heterocycles. The van der Waals surface area contributed by atoms with Crippen molar-refractivity contribution in [2.45, 2.75) is 26.3 Å². The summed E-state index contributed by atoms with van der Waals surface area (Å²) < 4.78 is 1.05. The van der Waals surface area contributed by atoms with E-state index in [-0.39, 0.29) is 0 Å². The van der Waals surface area contributed by atoms with Gasteiger partial charge in [-0.2, -0.15) is 0 Å². The van der Waals surface area contributed by atoms with E-state index in [0.717, 1.165) is 17.4 Å². The van der Waals surface area contributed by atoms with Crippen molar-refractivity contribution in [1.29, 1.82) is 0 Å². The summed E-state index contributed by atoms with van der Waals surface area (Å²) in [6.07, 6.45) is 4.75. The van der Waals surface area contributed by atoms with Crippen LogP contribution in [0.5, 0.6) is 0 Å². The van der Waals surface area contributed by atoms with Crippen LogP contribution in [0.4, 0.5) is 0 Å². The average Bonchev–Trinajstić information content (AvgIpc) is 2.03. The van der Waals surface area contributed by atoms with Gasteiger partial charge < -0.3 is 5.32 Å². The quantitative estimate of drug-likeness (QED) is 0.878. The number of nitrogens with zero attached hydrogens (tertiary/aromatic N) is 1. The first-order valence-corrected chi connectivity index (χ1v) is 5.30. The van der Waals surface area contributed by atoms with Gasteiger partial charge in [-0.15, -0.1) is 0 Å². The van der Waals surface area contributed by atoms with Gasteiger partial charge >= 0.3 is 0 Å². The molecule has 0 aliphatic rings. The molecule has 1 aromatic heterocycles. The van der Waals surface area contributed by atoms with E-state index in [4.69, 9.17) is 0 Å². The van der Waals surface area contributed by atoms with Gasteiger partial charge in [0.05, 0.1) is 0 Å². The lowest BCUT2D eigenvalue weighted by Crippen LogP contribution is -2.24. The van der Waals surface area contributed by atoms with Crippen molar-refractivity contribution in [1.82, 2.24) is 10.3 Å². The van der Waals surface area contributed by atoms with Crippen LogP contribution in [0.15, 0.2) is 22.9 Å². The van der Waals surface area contributed by atoms with E-state index in [1.54, 1.807) is 6.20 Å². The predicted molar refractivity (Wildman–Crippen MR) is 58.8 cm³/mol. The number of nitrogens with one attached hydrogen (secondary N) is 1. The number of aromatic nitrogens is 1. The zero-order valence-corrected chi connectivity index (χ0v) is 9.63. The van der Waals surface area contributed by atoms with Gasteiger partial charge in [-0.3, -0.25) is 4.98 Å². The summed E-state index contributed by atoms with van der Waals surface area (Å²) in [7, 11) is 0. The summed E-state index contributed by atoms with van der Waals surface area (Å²) in [5, 5.41) is 3.37. The topological polar surface area (TPSA) is 24.9 Å². The van der Waals surface area contributed by atoms with E-state index in [9.17, 15) is 0 Å². The third-order valence-corrected chi connectivity index (χ3v) is 2.16. The molecule has 0 radical (unpaired) electrons. The van der Waals surface area contributed by atoms with Crippen molar-refractivity contribution in [2.24, 2.45) is 0 Å². The van der Waals surface area contributed by atoms with Gasteiger partial charge in [0.15, 0.2) is 0 Å². The molecule has 1 rings (SSSR count). The molecule has 0 fully saturated rings. The van der Waals surface area contributed by atoms with Crippen LogP contribution in [0.2, 0.25) is 0 Å². The molecule has 0 saturated carbocycles. The van der Waals surface area contributed by atoms with Gasteiger partial charge in [0, 0.05) is 22.9 Å². The minimum absolute atomic E-state index is 0.556. The molecule has 72 valence electrons. The van der Waals surface area contributed by atoms with Crippen molar-refractivity contribution < 1.29 is 0 Å². The Bertz CT molecular complexity index is 261. The molecule has 2 nitrogen and oxygen atoms in total. The van der Waals surface area contributed by atoms with E-state index < -0.39 is 0 Å². The van der Waals surface area contributed by atoms with Crippen molar-refractivity contribution in [3.8, 4) is 0 Å². The van der Waals surface area contributed by atoms with Crippen LogP contribution in [0.25, 0.3) is 0 Å². The van der Waals surface area contributed by atoms with Crippen molar-refractivity contribution in [2.75, 3.05) is 6.54 Å². The fourth-order valence-electron chi connectivity index (χ4n) is 1.10. The monoisotopic (exact) mass is 242 g/mol. The first kappa shape index (κ1) is 10.7. The summed E-state index contributed by atoms with van der Waals surface area (Å²) >= 11 is 3.40. The normalized spacial score (nSPS) is 10.8. The number of hydrogen-bond acceptors (Lipinski definition) is 2. The largest absolute Gasteiger partial charge is 0.314 e. The molecule has 0 unspecified atom stereocenters. The number of pyridine rings is 1. The maximum absolute atomic E-state index is 4.11. The second-order valence-corrected chi connectivity index (χ2v) is 4.29. The summed E-state index contributed by atoms with van der Waals surface area (Å²) in [6.45, 7) is 5.31. The van der Waals surface area contributed by atoms with E-state index in [1.807, 2.05) is 6.20 Å². The molecule has 0 amide bonds. The van der Waals surface area contributed by atoms with Gasteiger partial charge in [0.1, 0.15) is 0 Å². The fraction of sp³-hybridized carbons (Fsp3) is 0.500. The van der Waals surface area contributed by atoms with Gasteiger partial charge in [-0.1, -0.05) is 13.8 Å². The molecule has 3 heteroatoms. The second-order valence-electron chi connectivity index (χ2n) is 3.37.